The summed E-state index contributed by atoms with van der Waals surface area (Å²) in [6, 6.07) is 50.8. The molecule has 6 aromatic carbocycles. The Balaban J connectivity index is 1.36. The highest BCUT2D eigenvalue weighted by Crippen LogP contribution is 2.46. The van der Waals surface area contributed by atoms with Gasteiger partial charge < -0.3 is 0 Å². The first-order chi connectivity index (χ1) is 20.8. The molecular weight excluding hydrogens is 508 g/mol. The van der Waals surface area contributed by atoms with E-state index in [-0.39, 0.29) is 0 Å². The second kappa shape index (κ2) is 9.15. The van der Waals surface area contributed by atoms with Crippen molar-refractivity contribution in [3.05, 3.63) is 145 Å². The van der Waals surface area contributed by atoms with E-state index in [1.807, 2.05) is 0 Å². The van der Waals surface area contributed by atoms with E-state index in [1.165, 1.54) is 78.6 Å². The highest BCUT2D eigenvalue weighted by molar-refractivity contribution is 6.08. The molecule has 1 aliphatic carbocycles. The SMILES string of the molecule is c1cc(-c2nn3c(C4CC4)cc4ccccc4c3c2-c2ccc3ccccc3c2)cc(-c2cccc3ccccc23)c1. The van der Waals surface area contributed by atoms with E-state index in [2.05, 4.69) is 144 Å². The van der Waals surface area contributed by atoms with Crippen LogP contribution < -0.4 is 0 Å². The number of pyridine rings is 1. The maximum Gasteiger partial charge on any atom is 0.101 e. The van der Waals surface area contributed by atoms with Crippen LogP contribution in [0.25, 0.3) is 71.3 Å². The van der Waals surface area contributed by atoms with Gasteiger partial charge in [0.1, 0.15) is 5.69 Å². The molecule has 1 fully saturated rings. The number of rotatable bonds is 4. The molecule has 2 heterocycles. The first-order valence-corrected chi connectivity index (χ1v) is 14.8. The molecule has 2 aromatic heterocycles. The lowest BCUT2D eigenvalue weighted by molar-refractivity contribution is 0.866. The molecule has 0 radical (unpaired) electrons. The average molecular weight is 537 g/mol. The fraction of sp³-hybridized carbons (Fsp3) is 0.0750. The highest BCUT2D eigenvalue weighted by atomic mass is 15.2. The third-order valence-electron chi connectivity index (χ3n) is 8.92. The predicted octanol–water partition coefficient (Wildman–Crippen LogP) is 10.7. The van der Waals surface area contributed by atoms with Gasteiger partial charge in [-0.05, 0) is 74.7 Å². The van der Waals surface area contributed by atoms with Crippen LogP contribution in [0.15, 0.2) is 140 Å². The molecule has 8 aromatic rings. The Morgan fingerprint density at radius 1 is 0.500 bits per heavy atom. The summed E-state index contributed by atoms with van der Waals surface area (Å²) in [4.78, 5) is 0. The molecule has 198 valence electrons. The van der Waals surface area contributed by atoms with Gasteiger partial charge in [0.15, 0.2) is 0 Å². The molecule has 2 heteroatoms. The van der Waals surface area contributed by atoms with Crippen molar-refractivity contribution in [3.8, 4) is 33.5 Å². The van der Waals surface area contributed by atoms with E-state index in [1.54, 1.807) is 0 Å². The summed E-state index contributed by atoms with van der Waals surface area (Å²) >= 11 is 0. The summed E-state index contributed by atoms with van der Waals surface area (Å²) in [6.45, 7) is 0. The zero-order chi connectivity index (χ0) is 27.6. The molecule has 0 spiro atoms. The Kier molecular flexibility index (Phi) is 5.12. The van der Waals surface area contributed by atoms with Crippen LogP contribution in [0.4, 0.5) is 0 Å². The predicted molar refractivity (Wildman–Crippen MR) is 176 cm³/mol. The van der Waals surface area contributed by atoms with E-state index >= 15 is 0 Å². The first-order valence-electron chi connectivity index (χ1n) is 14.8. The molecule has 0 bridgehead atoms. The maximum absolute atomic E-state index is 5.46. The van der Waals surface area contributed by atoms with Crippen LogP contribution in [0.3, 0.4) is 0 Å². The van der Waals surface area contributed by atoms with Gasteiger partial charge in [-0.25, -0.2) is 4.52 Å². The minimum atomic E-state index is 0.566. The summed E-state index contributed by atoms with van der Waals surface area (Å²) in [6.07, 6.45) is 2.45. The summed E-state index contributed by atoms with van der Waals surface area (Å²) < 4.78 is 2.27. The summed E-state index contributed by atoms with van der Waals surface area (Å²) in [7, 11) is 0. The van der Waals surface area contributed by atoms with Crippen LogP contribution in [0, 0.1) is 0 Å². The maximum atomic E-state index is 5.46. The van der Waals surface area contributed by atoms with Crippen molar-refractivity contribution >= 4 is 37.8 Å². The van der Waals surface area contributed by atoms with Gasteiger partial charge in [0, 0.05) is 28.1 Å². The zero-order valence-electron chi connectivity index (χ0n) is 23.2. The molecule has 0 atom stereocenters. The molecule has 0 amide bonds. The number of aromatic nitrogens is 2. The van der Waals surface area contributed by atoms with Gasteiger partial charge in [0.05, 0.1) is 5.52 Å². The third-order valence-corrected chi connectivity index (χ3v) is 8.92. The molecule has 0 unspecified atom stereocenters. The van der Waals surface area contributed by atoms with E-state index < -0.39 is 0 Å². The number of nitrogens with zero attached hydrogens (tertiary/aromatic N) is 2. The van der Waals surface area contributed by atoms with Gasteiger partial charge in [0.2, 0.25) is 0 Å². The lowest BCUT2D eigenvalue weighted by Crippen LogP contribution is -1.98. The van der Waals surface area contributed by atoms with Crippen LogP contribution in [0.2, 0.25) is 0 Å². The van der Waals surface area contributed by atoms with Gasteiger partial charge in [-0.2, -0.15) is 5.10 Å². The molecule has 0 saturated heterocycles. The van der Waals surface area contributed by atoms with Crippen LogP contribution >= 0.6 is 0 Å². The smallest absolute Gasteiger partial charge is 0.101 e. The van der Waals surface area contributed by atoms with Gasteiger partial charge in [-0.3, -0.25) is 0 Å². The molecule has 0 N–H and O–H groups in total. The molecule has 2 nitrogen and oxygen atoms in total. The Labute approximate surface area is 244 Å². The van der Waals surface area contributed by atoms with Crippen molar-refractivity contribution < 1.29 is 0 Å². The van der Waals surface area contributed by atoms with Crippen LogP contribution in [-0.4, -0.2) is 9.61 Å². The van der Waals surface area contributed by atoms with Crippen molar-refractivity contribution in [2.75, 3.05) is 0 Å². The number of benzene rings is 6. The zero-order valence-corrected chi connectivity index (χ0v) is 23.2. The van der Waals surface area contributed by atoms with Crippen molar-refractivity contribution in [2.45, 2.75) is 18.8 Å². The van der Waals surface area contributed by atoms with Gasteiger partial charge >= 0.3 is 0 Å². The van der Waals surface area contributed by atoms with Crippen molar-refractivity contribution in [1.29, 1.82) is 0 Å². The van der Waals surface area contributed by atoms with Crippen LogP contribution in [0.5, 0.6) is 0 Å². The average Bonchev–Trinajstić information content (AvgIpc) is 3.82. The molecule has 0 aliphatic heterocycles. The van der Waals surface area contributed by atoms with Crippen molar-refractivity contribution in [3.63, 3.8) is 0 Å². The molecule has 1 aliphatic rings. The fourth-order valence-corrected chi connectivity index (χ4v) is 6.71. The minimum Gasteiger partial charge on any atom is -0.236 e. The van der Waals surface area contributed by atoms with E-state index in [9.17, 15) is 0 Å². The third kappa shape index (κ3) is 3.69. The quantitative estimate of drug-likeness (QED) is 0.219. The Morgan fingerprint density at radius 3 is 2.05 bits per heavy atom. The molecular formula is C40H28N2. The molecule has 1 saturated carbocycles. The van der Waals surface area contributed by atoms with Crippen molar-refractivity contribution in [1.82, 2.24) is 9.61 Å². The number of fused-ring (bicyclic) bond motifs is 5. The Morgan fingerprint density at radius 2 is 1.19 bits per heavy atom. The molecule has 42 heavy (non-hydrogen) atoms. The van der Waals surface area contributed by atoms with Gasteiger partial charge in [-0.1, -0.05) is 121 Å². The van der Waals surface area contributed by atoms with E-state index in [4.69, 9.17) is 5.10 Å². The van der Waals surface area contributed by atoms with E-state index in [0.717, 1.165) is 11.3 Å². The van der Waals surface area contributed by atoms with Gasteiger partial charge in [-0.15, -0.1) is 0 Å². The van der Waals surface area contributed by atoms with Crippen LogP contribution in [0.1, 0.15) is 24.5 Å². The van der Waals surface area contributed by atoms with Crippen molar-refractivity contribution in [2.24, 2.45) is 0 Å². The Bertz CT molecular complexity index is 2310. The summed E-state index contributed by atoms with van der Waals surface area (Å²) in [5.41, 5.74) is 9.55. The highest BCUT2D eigenvalue weighted by Gasteiger charge is 2.29. The number of hydrogen-bond donors (Lipinski definition) is 0. The minimum absolute atomic E-state index is 0.566. The second-order valence-corrected chi connectivity index (χ2v) is 11.6. The normalized spacial score (nSPS) is 13.4. The summed E-state index contributed by atoms with van der Waals surface area (Å²) in [5.74, 6) is 0.566. The topological polar surface area (TPSA) is 17.3 Å². The van der Waals surface area contributed by atoms with Gasteiger partial charge in [0.25, 0.3) is 0 Å². The first kappa shape index (κ1) is 23.5. The van der Waals surface area contributed by atoms with E-state index in [0.29, 0.717) is 5.92 Å². The molecule has 9 rings (SSSR count). The fourth-order valence-electron chi connectivity index (χ4n) is 6.71. The summed E-state index contributed by atoms with van der Waals surface area (Å²) in [5, 5.41) is 13.0. The lowest BCUT2D eigenvalue weighted by Gasteiger charge is -2.11. The van der Waals surface area contributed by atoms with Crippen LogP contribution in [-0.2, 0) is 0 Å². The monoisotopic (exact) mass is 536 g/mol. The number of hydrogen-bond acceptors (Lipinski definition) is 1. The Hall–Kier alpha value is -5.21. The largest absolute Gasteiger partial charge is 0.236 e. The second-order valence-electron chi connectivity index (χ2n) is 11.6. The lowest BCUT2D eigenvalue weighted by atomic mass is 9.93. The standard InChI is InChI=1S/C40H28N2/c1-2-11-29-23-32(22-19-26(29)9-1)38-39(41-42-37(28-20-21-28)25-31-12-4-6-17-36(31)40(38)42)33-15-7-14-30(24-33)35-18-8-13-27-10-3-5-16-34(27)35/h1-19,22-25,28H,20-21H2.